The van der Waals surface area contributed by atoms with Gasteiger partial charge in [0.25, 0.3) is 16.0 Å². The van der Waals surface area contributed by atoms with Gasteiger partial charge in [-0.2, -0.15) is 13.5 Å². The number of hydrazone groups is 1. The summed E-state index contributed by atoms with van der Waals surface area (Å²) in [5, 5.41) is 5.90. The molecule has 2 aliphatic rings. The predicted octanol–water partition coefficient (Wildman–Crippen LogP) is 0.700. The van der Waals surface area contributed by atoms with Crippen molar-refractivity contribution in [2.24, 2.45) is 11.0 Å². The van der Waals surface area contributed by atoms with Crippen LogP contribution in [0.25, 0.3) is 0 Å². The normalized spacial score (nSPS) is 22.5. The van der Waals surface area contributed by atoms with Crippen LogP contribution in [0.1, 0.15) is 18.0 Å². The van der Waals surface area contributed by atoms with E-state index in [1.807, 2.05) is 0 Å². The number of amides is 1. The van der Waals surface area contributed by atoms with Gasteiger partial charge in [-0.15, -0.1) is 0 Å². The average Bonchev–Trinajstić information content (AvgIpc) is 2.88. The van der Waals surface area contributed by atoms with Crippen LogP contribution in [0.5, 0.6) is 0 Å². The van der Waals surface area contributed by atoms with Gasteiger partial charge in [0.15, 0.2) is 5.25 Å². The highest BCUT2D eigenvalue weighted by atomic mass is 32.2. The maximum absolute atomic E-state index is 13.4. The van der Waals surface area contributed by atoms with Crippen molar-refractivity contribution in [3.8, 4) is 0 Å². The van der Waals surface area contributed by atoms with Crippen LogP contribution in [-0.2, 0) is 14.9 Å². The second kappa shape index (κ2) is 6.19. The van der Waals surface area contributed by atoms with Crippen molar-refractivity contribution in [1.82, 2.24) is 10.3 Å². The largest absolute Gasteiger partial charge is 0.316 e. The lowest BCUT2D eigenvalue weighted by molar-refractivity contribution is -0.134. The molecule has 24 heavy (non-hydrogen) atoms. The Hall–Kier alpha value is -1.91. The topological polar surface area (TPSA) is 99.1 Å². The molecule has 0 spiro atoms. The summed E-state index contributed by atoms with van der Waals surface area (Å²) in [7, 11) is -4.64. The minimum absolute atomic E-state index is 0.166. The van der Waals surface area contributed by atoms with E-state index < -0.39 is 44.9 Å². The van der Waals surface area contributed by atoms with Gasteiger partial charge in [-0.1, -0.05) is 0 Å². The van der Waals surface area contributed by atoms with Crippen LogP contribution in [0.2, 0.25) is 0 Å². The Balaban J connectivity index is 1.91. The number of halogens is 2. The summed E-state index contributed by atoms with van der Waals surface area (Å²) in [6.07, 6.45) is 1.56. The molecule has 1 unspecified atom stereocenters. The molecule has 0 saturated carbocycles. The highest BCUT2D eigenvalue weighted by Gasteiger charge is 2.46. The Kier molecular flexibility index (Phi) is 4.37. The Morgan fingerprint density at radius 1 is 1.29 bits per heavy atom. The van der Waals surface area contributed by atoms with E-state index in [9.17, 15) is 26.5 Å². The number of hydrogen-bond donors (Lipinski definition) is 2. The Labute approximate surface area is 137 Å². The molecule has 0 aromatic heterocycles. The summed E-state index contributed by atoms with van der Waals surface area (Å²) >= 11 is 0. The molecule has 2 aliphatic heterocycles. The fourth-order valence-electron chi connectivity index (χ4n) is 2.90. The van der Waals surface area contributed by atoms with Gasteiger partial charge in [0, 0.05) is 37.7 Å². The maximum Gasteiger partial charge on any atom is 0.277 e. The summed E-state index contributed by atoms with van der Waals surface area (Å²) in [6.45, 7) is 0.542. The van der Waals surface area contributed by atoms with Gasteiger partial charge in [0.1, 0.15) is 11.6 Å². The average molecular weight is 359 g/mol. The third-order valence-electron chi connectivity index (χ3n) is 4.13. The summed E-state index contributed by atoms with van der Waals surface area (Å²) in [5.74, 6) is -3.10. The fraction of sp³-hybridized carbons (Fsp3) is 0.429. The van der Waals surface area contributed by atoms with Gasteiger partial charge in [0.05, 0.1) is 6.04 Å². The molecule has 130 valence electrons. The van der Waals surface area contributed by atoms with Crippen LogP contribution in [0.15, 0.2) is 23.3 Å². The zero-order valence-electron chi connectivity index (χ0n) is 12.4. The summed E-state index contributed by atoms with van der Waals surface area (Å²) in [4.78, 5) is 12.6. The Bertz CT molecular complexity index is 775. The third-order valence-corrected chi connectivity index (χ3v) is 5.36. The standard InChI is InChI=1S/C14H15F2N3O4S/c15-10-3-8(4-11(16)5-10)12-1-2-18-19(12)14(20)13(24(21,22)23)9-6-17-7-9/h2-5,9,12-13,17H,1,6-7H2,(H,21,22,23)/t12?,13-/m0/s1. The van der Waals surface area contributed by atoms with Crippen molar-refractivity contribution >= 4 is 22.2 Å². The van der Waals surface area contributed by atoms with E-state index in [1.165, 1.54) is 6.21 Å². The van der Waals surface area contributed by atoms with Gasteiger partial charge in [-0.25, -0.2) is 13.8 Å². The van der Waals surface area contributed by atoms with Crippen LogP contribution in [0.4, 0.5) is 8.78 Å². The third kappa shape index (κ3) is 3.17. The zero-order chi connectivity index (χ0) is 17.5. The van der Waals surface area contributed by atoms with E-state index in [-0.39, 0.29) is 25.1 Å². The molecule has 3 rings (SSSR count). The van der Waals surface area contributed by atoms with Crippen molar-refractivity contribution in [2.75, 3.05) is 13.1 Å². The van der Waals surface area contributed by atoms with Crippen molar-refractivity contribution in [2.45, 2.75) is 17.7 Å². The molecule has 1 aromatic carbocycles. The van der Waals surface area contributed by atoms with Crippen molar-refractivity contribution < 1.29 is 26.5 Å². The Morgan fingerprint density at radius 2 is 1.92 bits per heavy atom. The van der Waals surface area contributed by atoms with Gasteiger partial charge >= 0.3 is 0 Å². The first-order valence-corrected chi connectivity index (χ1v) is 8.76. The summed E-state index contributed by atoms with van der Waals surface area (Å²) < 4.78 is 59.5. The van der Waals surface area contributed by atoms with Crippen LogP contribution in [0.3, 0.4) is 0 Å². The van der Waals surface area contributed by atoms with E-state index in [0.29, 0.717) is 6.07 Å². The monoisotopic (exact) mass is 359 g/mol. The van der Waals surface area contributed by atoms with E-state index in [2.05, 4.69) is 10.4 Å². The minimum Gasteiger partial charge on any atom is -0.316 e. The molecule has 1 aromatic rings. The quantitative estimate of drug-likeness (QED) is 0.771. The first-order chi connectivity index (χ1) is 11.3. The van der Waals surface area contributed by atoms with Crippen LogP contribution < -0.4 is 5.32 Å². The maximum atomic E-state index is 13.4. The molecule has 2 atom stereocenters. The number of carbonyl (C=O) groups is 1. The number of nitrogens with zero attached hydrogens (tertiary/aromatic N) is 2. The number of carbonyl (C=O) groups excluding carboxylic acids is 1. The predicted molar refractivity (Wildman–Crippen MR) is 80.8 cm³/mol. The second-order valence-electron chi connectivity index (χ2n) is 5.79. The lowest BCUT2D eigenvalue weighted by atomic mass is 9.97. The molecule has 1 amide bonds. The molecule has 0 aliphatic carbocycles. The highest BCUT2D eigenvalue weighted by molar-refractivity contribution is 7.87. The van der Waals surface area contributed by atoms with Crippen LogP contribution in [-0.4, -0.2) is 48.4 Å². The molecular formula is C14H15F2N3O4S. The van der Waals surface area contributed by atoms with Gasteiger partial charge in [-0.3, -0.25) is 9.35 Å². The number of rotatable bonds is 4. The molecule has 1 fully saturated rings. The molecule has 2 heterocycles. The van der Waals surface area contributed by atoms with E-state index in [0.717, 1.165) is 17.1 Å². The highest BCUT2D eigenvalue weighted by Crippen LogP contribution is 2.32. The summed E-state index contributed by atoms with van der Waals surface area (Å²) in [5.41, 5.74) is 0.166. The molecule has 0 bridgehead atoms. The molecule has 1 saturated heterocycles. The van der Waals surface area contributed by atoms with Crippen LogP contribution in [0, 0.1) is 17.6 Å². The SMILES string of the molecule is O=C([C@H](C1CNC1)S(=O)(=O)O)N1N=CCC1c1cc(F)cc(F)c1. The Morgan fingerprint density at radius 3 is 2.42 bits per heavy atom. The van der Waals surface area contributed by atoms with Crippen molar-refractivity contribution in [3.63, 3.8) is 0 Å². The lowest BCUT2D eigenvalue weighted by Gasteiger charge is -2.34. The minimum atomic E-state index is -4.64. The van der Waals surface area contributed by atoms with E-state index in [1.54, 1.807) is 0 Å². The van der Waals surface area contributed by atoms with Crippen molar-refractivity contribution in [3.05, 3.63) is 35.4 Å². The molecule has 7 nitrogen and oxygen atoms in total. The van der Waals surface area contributed by atoms with E-state index in [4.69, 9.17) is 0 Å². The molecule has 2 N–H and O–H groups in total. The van der Waals surface area contributed by atoms with Gasteiger partial charge in [-0.05, 0) is 17.7 Å². The first-order valence-electron chi connectivity index (χ1n) is 7.26. The number of benzene rings is 1. The zero-order valence-corrected chi connectivity index (χ0v) is 13.2. The van der Waals surface area contributed by atoms with E-state index >= 15 is 0 Å². The number of nitrogens with one attached hydrogen (secondary N) is 1. The van der Waals surface area contributed by atoms with Crippen LogP contribution >= 0.6 is 0 Å². The molecule has 10 heteroatoms. The lowest BCUT2D eigenvalue weighted by Crippen LogP contribution is -2.56. The van der Waals surface area contributed by atoms with Gasteiger partial charge in [0.2, 0.25) is 0 Å². The van der Waals surface area contributed by atoms with Gasteiger partial charge < -0.3 is 5.32 Å². The first kappa shape index (κ1) is 16.9. The molecular weight excluding hydrogens is 344 g/mol. The second-order valence-corrected chi connectivity index (χ2v) is 7.33. The smallest absolute Gasteiger partial charge is 0.277 e. The molecule has 0 radical (unpaired) electrons. The van der Waals surface area contributed by atoms with Crippen molar-refractivity contribution in [1.29, 1.82) is 0 Å². The fourth-order valence-corrected chi connectivity index (χ4v) is 3.94. The number of hydrogen-bond acceptors (Lipinski definition) is 5. The summed E-state index contributed by atoms with van der Waals surface area (Å²) in [6, 6.07) is 2.01.